The van der Waals surface area contributed by atoms with Gasteiger partial charge < -0.3 is 5.32 Å². The number of nitrogens with zero attached hydrogens (tertiary/aromatic N) is 3. The molecule has 0 saturated heterocycles. The fourth-order valence-corrected chi connectivity index (χ4v) is 2.30. The molecule has 0 aliphatic heterocycles. The molecule has 1 heterocycles. The summed E-state index contributed by atoms with van der Waals surface area (Å²) >= 11 is 12.1. The van der Waals surface area contributed by atoms with Crippen LogP contribution in [-0.4, -0.2) is 9.97 Å². The lowest BCUT2D eigenvalue weighted by Crippen LogP contribution is -1.98. The molecule has 0 fully saturated rings. The zero-order valence-electron chi connectivity index (χ0n) is 10.6. The molecule has 0 bridgehead atoms. The van der Waals surface area contributed by atoms with E-state index in [1.165, 1.54) is 0 Å². The largest absolute Gasteiger partial charge is 0.338 e. The van der Waals surface area contributed by atoms with Gasteiger partial charge in [0.05, 0.1) is 27.9 Å². The smallest absolute Gasteiger partial charge is 0.224 e. The average Bonchev–Trinajstić information content (AvgIpc) is 2.49. The van der Waals surface area contributed by atoms with E-state index >= 15 is 0 Å². The molecule has 0 unspecified atom stereocenters. The maximum atomic E-state index is 8.97. The highest BCUT2D eigenvalue weighted by Gasteiger charge is 2.09. The van der Waals surface area contributed by atoms with E-state index in [0.29, 0.717) is 22.1 Å². The minimum Gasteiger partial charge on any atom is -0.338 e. The Morgan fingerprint density at radius 3 is 2.67 bits per heavy atom. The molecule has 1 N–H and O–H groups in total. The van der Waals surface area contributed by atoms with E-state index in [9.17, 15) is 0 Å². The molecule has 0 radical (unpaired) electrons. The molecule has 0 spiro atoms. The first-order valence-electron chi connectivity index (χ1n) is 6.06. The summed E-state index contributed by atoms with van der Waals surface area (Å²) < 4.78 is 0. The molecule has 0 aliphatic carbocycles. The lowest BCUT2D eigenvalue weighted by Gasteiger charge is -2.10. The molecular formula is C15H8Cl2N4. The van der Waals surface area contributed by atoms with E-state index in [4.69, 9.17) is 28.5 Å². The Kier molecular flexibility index (Phi) is 3.61. The van der Waals surface area contributed by atoms with Crippen LogP contribution in [-0.2, 0) is 0 Å². The molecule has 3 rings (SSSR count). The van der Waals surface area contributed by atoms with Crippen LogP contribution in [0.2, 0.25) is 10.3 Å². The van der Waals surface area contributed by atoms with Gasteiger partial charge >= 0.3 is 0 Å². The second-order valence-electron chi connectivity index (χ2n) is 4.29. The zero-order valence-corrected chi connectivity index (χ0v) is 12.2. The number of nitrogens with one attached hydrogen (secondary N) is 1. The molecule has 21 heavy (non-hydrogen) atoms. The van der Waals surface area contributed by atoms with Crippen molar-refractivity contribution in [3.8, 4) is 6.07 Å². The lowest BCUT2D eigenvalue weighted by molar-refractivity contribution is 1.22. The predicted molar refractivity (Wildman–Crippen MR) is 84.0 cm³/mol. The highest BCUT2D eigenvalue weighted by molar-refractivity contribution is 6.33. The number of halogens is 2. The number of hydrogen-bond acceptors (Lipinski definition) is 4. The van der Waals surface area contributed by atoms with Crippen LogP contribution in [0.25, 0.3) is 10.9 Å². The predicted octanol–water partition coefficient (Wildman–Crippen LogP) is 4.55. The van der Waals surface area contributed by atoms with Crippen molar-refractivity contribution in [2.75, 3.05) is 5.32 Å². The van der Waals surface area contributed by atoms with Crippen molar-refractivity contribution in [2.45, 2.75) is 0 Å². The summed E-state index contributed by atoms with van der Waals surface area (Å²) in [6.07, 6.45) is 0. The van der Waals surface area contributed by atoms with Crippen molar-refractivity contribution >= 4 is 45.6 Å². The van der Waals surface area contributed by atoms with Crippen molar-refractivity contribution in [1.82, 2.24) is 9.97 Å². The van der Waals surface area contributed by atoms with Crippen molar-refractivity contribution < 1.29 is 0 Å². The zero-order chi connectivity index (χ0) is 14.8. The number of nitriles is 1. The summed E-state index contributed by atoms with van der Waals surface area (Å²) in [5, 5.41) is 13.5. The summed E-state index contributed by atoms with van der Waals surface area (Å²) in [6, 6.07) is 14.5. The third kappa shape index (κ3) is 2.75. The number of hydrogen-bond donors (Lipinski definition) is 1. The van der Waals surface area contributed by atoms with Crippen LogP contribution in [0.1, 0.15) is 5.56 Å². The van der Waals surface area contributed by atoms with Crippen LogP contribution >= 0.6 is 23.2 Å². The normalized spacial score (nSPS) is 10.3. The minimum atomic E-state index is 0.142. The molecule has 0 saturated carbocycles. The summed E-state index contributed by atoms with van der Waals surface area (Å²) in [5.41, 5.74) is 1.83. The molecule has 0 atom stereocenters. The maximum Gasteiger partial charge on any atom is 0.224 e. The number of aromatic nitrogens is 2. The molecule has 3 aromatic rings. The Bertz CT molecular complexity index is 871. The van der Waals surface area contributed by atoms with E-state index in [1.807, 2.05) is 24.3 Å². The van der Waals surface area contributed by atoms with E-state index in [1.54, 1.807) is 18.2 Å². The van der Waals surface area contributed by atoms with Crippen LogP contribution in [0.15, 0.2) is 42.5 Å². The molecular weight excluding hydrogens is 307 g/mol. The van der Waals surface area contributed by atoms with Gasteiger partial charge in [-0.3, -0.25) is 0 Å². The van der Waals surface area contributed by atoms with E-state index in [2.05, 4.69) is 21.4 Å². The molecule has 1 aromatic heterocycles. The monoisotopic (exact) mass is 314 g/mol. The van der Waals surface area contributed by atoms with Gasteiger partial charge in [0.2, 0.25) is 5.28 Å². The summed E-state index contributed by atoms with van der Waals surface area (Å²) in [6.45, 7) is 0. The third-order valence-corrected chi connectivity index (χ3v) is 3.42. The Morgan fingerprint density at radius 2 is 1.86 bits per heavy atom. The highest BCUT2D eigenvalue weighted by Crippen LogP contribution is 2.29. The van der Waals surface area contributed by atoms with Crippen LogP contribution in [0.4, 0.5) is 11.5 Å². The Balaban J connectivity index is 2.12. The van der Waals surface area contributed by atoms with Crippen LogP contribution < -0.4 is 5.32 Å². The highest BCUT2D eigenvalue weighted by atomic mass is 35.5. The maximum absolute atomic E-state index is 8.97. The number of benzene rings is 2. The molecule has 6 heteroatoms. The first-order chi connectivity index (χ1) is 10.2. The molecule has 0 amide bonds. The summed E-state index contributed by atoms with van der Waals surface area (Å²) in [7, 11) is 0. The van der Waals surface area contributed by atoms with E-state index < -0.39 is 0 Å². The van der Waals surface area contributed by atoms with Crippen LogP contribution in [0.3, 0.4) is 0 Å². The van der Waals surface area contributed by atoms with Crippen molar-refractivity contribution in [2.24, 2.45) is 0 Å². The Labute approximate surface area is 131 Å². The van der Waals surface area contributed by atoms with Crippen molar-refractivity contribution in [3.05, 3.63) is 58.3 Å². The van der Waals surface area contributed by atoms with Gasteiger partial charge in [-0.2, -0.15) is 10.2 Å². The standard InChI is InChI=1S/C15H8Cl2N4/c16-11-6-5-9(8-18)7-13(11)19-14-10-3-1-2-4-12(10)20-15(17)21-14/h1-7H,(H,19,20,21). The van der Waals surface area contributed by atoms with E-state index in [-0.39, 0.29) is 5.28 Å². The molecule has 4 nitrogen and oxygen atoms in total. The third-order valence-electron chi connectivity index (χ3n) is 2.92. The fourth-order valence-electron chi connectivity index (χ4n) is 1.96. The first-order valence-corrected chi connectivity index (χ1v) is 6.82. The molecule has 2 aromatic carbocycles. The Hall–Kier alpha value is -2.35. The topological polar surface area (TPSA) is 61.6 Å². The number of anilines is 2. The second-order valence-corrected chi connectivity index (χ2v) is 5.04. The van der Waals surface area contributed by atoms with Crippen molar-refractivity contribution in [1.29, 1.82) is 5.26 Å². The van der Waals surface area contributed by atoms with Crippen molar-refractivity contribution in [3.63, 3.8) is 0 Å². The van der Waals surface area contributed by atoms with Gasteiger partial charge in [-0.25, -0.2) is 4.98 Å². The minimum absolute atomic E-state index is 0.142. The molecule has 0 aliphatic rings. The SMILES string of the molecule is N#Cc1ccc(Cl)c(Nc2nc(Cl)nc3ccccc23)c1. The second kappa shape index (κ2) is 5.57. The average molecular weight is 315 g/mol. The lowest BCUT2D eigenvalue weighted by atomic mass is 10.2. The van der Waals surface area contributed by atoms with Crippen LogP contribution in [0, 0.1) is 11.3 Å². The summed E-state index contributed by atoms with van der Waals surface area (Å²) in [5.74, 6) is 0.544. The fraction of sp³-hybridized carbons (Fsp3) is 0. The van der Waals surface area contributed by atoms with E-state index in [0.717, 1.165) is 10.9 Å². The van der Waals surface area contributed by atoms with Gasteiger partial charge in [-0.05, 0) is 41.9 Å². The van der Waals surface area contributed by atoms with Gasteiger partial charge in [0.25, 0.3) is 0 Å². The number of para-hydroxylation sites is 1. The van der Waals surface area contributed by atoms with Gasteiger partial charge in [0.1, 0.15) is 5.82 Å². The number of rotatable bonds is 2. The van der Waals surface area contributed by atoms with Gasteiger partial charge in [0.15, 0.2) is 0 Å². The summed E-state index contributed by atoms with van der Waals surface area (Å²) in [4.78, 5) is 8.36. The van der Waals surface area contributed by atoms with Crippen LogP contribution in [0.5, 0.6) is 0 Å². The first kappa shape index (κ1) is 13.6. The van der Waals surface area contributed by atoms with Gasteiger partial charge in [0, 0.05) is 5.39 Å². The Morgan fingerprint density at radius 1 is 1.05 bits per heavy atom. The molecule has 102 valence electrons. The van der Waals surface area contributed by atoms with Gasteiger partial charge in [-0.1, -0.05) is 23.7 Å². The quantitative estimate of drug-likeness (QED) is 0.705. The number of fused-ring (bicyclic) bond motifs is 1. The van der Waals surface area contributed by atoms with Gasteiger partial charge in [-0.15, -0.1) is 0 Å².